The van der Waals surface area contributed by atoms with E-state index in [1.54, 1.807) is 0 Å². The second-order valence-electron chi connectivity index (χ2n) is 4.67. The molecule has 0 bridgehead atoms. The molecule has 10 heteroatoms. The highest BCUT2D eigenvalue weighted by Gasteiger charge is 2.23. The molecule has 2 aromatic rings. The maximum absolute atomic E-state index is 12.0. The number of nitro groups is 1. The molecule has 0 aromatic heterocycles. The third-order valence-corrected chi connectivity index (χ3v) is 3.34. The maximum atomic E-state index is 12.0. The first-order valence-electron chi connectivity index (χ1n) is 6.71. The lowest BCUT2D eigenvalue weighted by Gasteiger charge is -2.06. The number of aromatic hydroxyl groups is 2. The Labute approximate surface area is 146 Å². The Kier molecular flexibility index (Phi) is 5.40. The van der Waals surface area contributed by atoms with E-state index in [1.165, 1.54) is 37.4 Å². The molecule has 0 aliphatic rings. The van der Waals surface area contributed by atoms with Crippen molar-refractivity contribution in [3.8, 4) is 17.2 Å². The predicted octanol–water partition coefficient (Wildman–Crippen LogP) is 2.43. The van der Waals surface area contributed by atoms with Crippen molar-refractivity contribution < 1.29 is 24.7 Å². The second kappa shape index (κ2) is 7.49. The Morgan fingerprint density at radius 2 is 2.00 bits per heavy atom. The van der Waals surface area contributed by atoms with Crippen LogP contribution in [0, 0.1) is 10.1 Å². The van der Waals surface area contributed by atoms with E-state index in [0.717, 1.165) is 6.21 Å². The van der Waals surface area contributed by atoms with Crippen LogP contribution in [0.1, 0.15) is 15.9 Å². The zero-order valence-electron chi connectivity index (χ0n) is 12.8. The lowest BCUT2D eigenvalue weighted by Crippen LogP contribution is -2.17. The number of ether oxygens (including phenoxy) is 1. The minimum absolute atomic E-state index is 0.00438. The summed E-state index contributed by atoms with van der Waals surface area (Å²) >= 11 is 5.75. The Morgan fingerprint density at radius 1 is 1.32 bits per heavy atom. The quantitative estimate of drug-likeness (QED) is 0.423. The molecule has 0 radical (unpaired) electrons. The third-order valence-electron chi connectivity index (χ3n) is 3.10. The number of phenolic OH excluding ortho intramolecular Hbond substituents is 2. The molecule has 0 saturated heterocycles. The third kappa shape index (κ3) is 3.96. The summed E-state index contributed by atoms with van der Waals surface area (Å²) < 4.78 is 4.82. The summed E-state index contributed by atoms with van der Waals surface area (Å²) in [5.41, 5.74) is 1.50. The fourth-order valence-corrected chi connectivity index (χ4v) is 2.15. The van der Waals surface area contributed by atoms with Gasteiger partial charge in [-0.1, -0.05) is 11.6 Å². The van der Waals surface area contributed by atoms with Crippen molar-refractivity contribution in [1.82, 2.24) is 5.43 Å². The smallest absolute Gasteiger partial charge is 0.323 e. The highest BCUT2D eigenvalue weighted by atomic mass is 35.5. The van der Waals surface area contributed by atoms with Crippen LogP contribution in [-0.4, -0.2) is 34.4 Å². The van der Waals surface area contributed by atoms with Gasteiger partial charge in [-0.25, -0.2) is 5.43 Å². The largest absolute Gasteiger partial charge is 0.507 e. The maximum Gasteiger partial charge on any atom is 0.323 e. The Bertz CT molecular complexity index is 869. The fraction of sp³-hybridized carbons (Fsp3) is 0.0667. The molecule has 0 aliphatic carbocycles. The van der Waals surface area contributed by atoms with Crippen molar-refractivity contribution in [3.63, 3.8) is 0 Å². The van der Waals surface area contributed by atoms with E-state index in [0.29, 0.717) is 0 Å². The zero-order valence-corrected chi connectivity index (χ0v) is 13.5. The van der Waals surface area contributed by atoms with Gasteiger partial charge in [0.15, 0.2) is 5.75 Å². The minimum Gasteiger partial charge on any atom is -0.507 e. The van der Waals surface area contributed by atoms with Crippen LogP contribution in [0.15, 0.2) is 35.4 Å². The number of halogens is 1. The normalized spacial score (nSPS) is 10.6. The number of hydrogen-bond acceptors (Lipinski definition) is 7. The number of nitrogens with zero attached hydrogens (tertiary/aromatic N) is 2. The number of carbonyl (C=O) groups excluding carboxylic acids is 1. The molecule has 2 aromatic carbocycles. The second-order valence-corrected chi connectivity index (χ2v) is 5.11. The SMILES string of the molecule is COc1c(O)ccc(C=NNC(=O)c2cc(Cl)ccc2O)c1[N+](=O)[O-]. The number of benzene rings is 2. The number of hydrogen-bond donors (Lipinski definition) is 3. The predicted molar refractivity (Wildman–Crippen MR) is 89.5 cm³/mol. The molecule has 130 valence electrons. The summed E-state index contributed by atoms with van der Waals surface area (Å²) in [4.78, 5) is 22.4. The lowest BCUT2D eigenvalue weighted by atomic mass is 10.1. The van der Waals surface area contributed by atoms with Crippen LogP contribution in [-0.2, 0) is 0 Å². The van der Waals surface area contributed by atoms with Gasteiger partial charge in [-0.3, -0.25) is 14.9 Å². The van der Waals surface area contributed by atoms with Crippen LogP contribution in [0.2, 0.25) is 5.02 Å². The molecule has 0 heterocycles. The summed E-state index contributed by atoms with van der Waals surface area (Å²) in [7, 11) is 1.17. The lowest BCUT2D eigenvalue weighted by molar-refractivity contribution is -0.386. The number of rotatable bonds is 5. The summed E-state index contributed by atoms with van der Waals surface area (Å²) in [5.74, 6) is -1.79. The van der Waals surface area contributed by atoms with Gasteiger partial charge >= 0.3 is 5.69 Å². The molecule has 0 spiro atoms. The number of carbonyl (C=O) groups is 1. The first-order valence-corrected chi connectivity index (χ1v) is 7.09. The van der Waals surface area contributed by atoms with Crippen molar-refractivity contribution in [2.45, 2.75) is 0 Å². The Hall–Kier alpha value is -3.33. The molecule has 3 N–H and O–H groups in total. The van der Waals surface area contributed by atoms with Crippen LogP contribution in [0.5, 0.6) is 17.2 Å². The van der Waals surface area contributed by atoms with Gasteiger partial charge in [-0.05, 0) is 30.3 Å². The number of amides is 1. The van der Waals surface area contributed by atoms with E-state index in [-0.39, 0.29) is 27.6 Å². The number of methoxy groups -OCH3 is 1. The van der Waals surface area contributed by atoms with Gasteiger partial charge in [-0.2, -0.15) is 5.10 Å². The summed E-state index contributed by atoms with van der Waals surface area (Å²) in [6.07, 6.45) is 1.01. The number of phenols is 2. The number of hydrazone groups is 1. The molecule has 1 amide bonds. The van der Waals surface area contributed by atoms with Crippen molar-refractivity contribution in [3.05, 3.63) is 56.6 Å². The van der Waals surface area contributed by atoms with Crippen molar-refractivity contribution in [2.75, 3.05) is 7.11 Å². The van der Waals surface area contributed by atoms with Gasteiger partial charge in [-0.15, -0.1) is 0 Å². The van der Waals surface area contributed by atoms with Crippen molar-refractivity contribution in [1.29, 1.82) is 0 Å². The molecule has 0 unspecified atom stereocenters. The summed E-state index contributed by atoms with van der Waals surface area (Å²) in [6.45, 7) is 0. The molecule has 2 rings (SSSR count). The van der Waals surface area contributed by atoms with Gasteiger partial charge in [0.05, 0.1) is 29.4 Å². The zero-order chi connectivity index (χ0) is 18.6. The highest BCUT2D eigenvalue weighted by Crippen LogP contribution is 2.37. The van der Waals surface area contributed by atoms with E-state index in [9.17, 15) is 25.1 Å². The average molecular weight is 366 g/mol. The van der Waals surface area contributed by atoms with Crippen molar-refractivity contribution >= 4 is 29.4 Å². The van der Waals surface area contributed by atoms with E-state index >= 15 is 0 Å². The molecule has 25 heavy (non-hydrogen) atoms. The average Bonchev–Trinajstić information content (AvgIpc) is 2.57. The van der Waals surface area contributed by atoms with Crippen LogP contribution >= 0.6 is 11.6 Å². The van der Waals surface area contributed by atoms with Crippen LogP contribution in [0.25, 0.3) is 0 Å². The molecular weight excluding hydrogens is 354 g/mol. The van der Waals surface area contributed by atoms with Crippen LogP contribution in [0.3, 0.4) is 0 Å². The molecule has 0 fully saturated rings. The Morgan fingerprint density at radius 3 is 2.64 bits per heavy atom. The van der Waals surface area contributed by atoms with Gasteiger partial charge < -0.3 is 14.9 Å². The van der Waals surface area contributed by atoms with Gasteiger partial charge in [0.25, 0.3) is 5.91 Å². The van der Waals surface area contributed by atoms with E-state index in [2.05, 4.69) is 10.5 Å². The highest BCUT2D eigenvalue weighted by molar-refractivity contribution is 6.31. The monoisotopic (exact) mass is 365 g/mol. The van der Waals surface area contributed by atoms with Crippen LogP contribution in [0.4, 0.5) is 5.69 Å². The van der Waals surface area contributed by atoms with Gasteiger partial charge in [0.2, 0.25) is 5.75 Å². The summed E-state index contributed by atoms with van der Waals surface area (Å²) in [6, 6.07) is 6.33. The molecule has 9 nitrogen and oxygen atoms in total. The number of nitro benzene ring substituents is 1. The Balaban J connectivity index is 2.27. The fourth-order valence-electron chi connectivity index (χ4n) is 1.98. The number of nitrogens with one attached hydrogen (secondary N) is 1. The molecule has 0 aliphatic heterocycles. The molecule has 0 saturated carbocycles. The van der Waals surface area contributed by atoms with Gasteiger partial charge in [0.1, 0.15) is 5.75 Å². The first-order chi connectivity index (χ1) is 11.8. The molecule has 0 atom stereocenters. The van der Waals surface area contributed by atoms with E-state index in [1.807, 2.05) is 0 Å². The van der Waals surface area contributed by atoms with Crippen molar-refractivity contribution in [2.24, 2.45) is 5.10 Å². The van der Waals surface area contributed by atoms with E-state index < -0.39 is 22.3 Å². The van der Waals surface area contributed by atoms with Gasteiger partial charge in [0, 0.05) is 5.02 Å². The van der Waals surface area contributed by atoms with Crippen LogP contribution < -0.4 is 10.2 Å². The first kappa shape index (κ1) is 18.0. The summed E-state index contributed by atoms with van der Waals surface area (Å²) in [5, 5.41) is 34.3. The van der Waals surface area contributed by atoms with E-state index in [4.69, 9.17) is 16.3 Å². The molecular formula is C15H12ClN3O6. The standard InChI is InChI=1S/C15H12ClN3O6/c1-25-14-12(21)4-2-8(13(14)19(23)24)7-17-18-15(22)10-6-9(16)3-5-11(10)20/h2-7,20-21H,1H3,(H,18,22). The topological polar surface area (TPSA) is 134 Å². The minimum atomic E-state index is -0.760.